The van der Waals surface area contributed by atoms with Crippen LogP contribution in [-0.4, -0.2) is 19.7 Å². The molecule has 3 nitrogen and oxygen atoms in total. The Morgan fingerprint density at radius 3 is 2.35 bits per heavy atom. The lowest BCUT2D eigenvalue weighted by Crippen LogP contribution is -2.16. The molecule has 0 aliphatic heterocycles. The molecule has 0 heterocycles. The molecule has 0 fully saturated rings. The van der Waals surface area contributed by atoms with Crippen LogP contribution in [0.3, 0.4) is 0 Å². The van der Waals surface area contributed by atoms with Crippen LogP contribution in [0, 0.1) is 5.92 Å². The Balaban J connectivity index is 2.53. The highest BCUT2D eigenvalue weighted by atomic mass is 16.5. The average molecular weight is 236 g/mol. The highest BCUT2D eigenvalue weighted by Gasteiger charge is 2.14. The number of benzene rings is 1. The Kier molecular flexibility index (Phi) is 5.70. The van der Waals surface area contributed by atoms with Crippen molar-refractivity contribution in [2.45, 2.75) is 26.9 Å². The summed E-state index contributed by atoms with van der Waals surface area (Å²) in [6, 6.07) is 8.11. The Bertz CT molecular complexity index is 343. The van der Waals surface area contributed by atoms with Crippen LogP contribution in [-0.2, 0) is 27.3 Å². The van der Waals surface area contributed by atoms with Crippen molar-refractivity contribution in [1.82, 2.24) is 0 Å². The lowest BCUT2D eigenvalue weighted by atomic mass is 10.0. The zero-order valence-corrected chi connectivity index (χ0v) is 10.7. The smallest absolute Gasteiger partial charge is 0.308 e. The van der Waals surface area contributed by atoms with E-state index < -0.39 is 0 Å². The van der Waals surface area contributed by atoms with Crippen LogP contribution in [0.1, 0.15) is 25.0 Å². The fourth-order valence-corrected chi connectivity index (χ4v) is 1.66. The van der Waals surface area contributed by atoms with Gasteiger partial charge in [-0.2, -0.15) is 0 Å². The van der Waals surface area contributed by atoms with Crippen LogP contribution in [0.15, 0.2) is 24.3 Å². The minimum absolute atomic E-state index is 0.0942. The van der Waals surface area contributed by atoms with Crippen molar-refractivity contribution < 1.29 is 14.3 Å². The van der Waals surface area contributed by atoms with E-state index in [1.807, 2.05) is 38.1 Å². The van der Waals surface area contributed by atoms with Gasteiger partial charge in [-0.1, -0.05) is 31.2 Å². The first-order valence-corrected chi connectivity index (χ1v) is 5.90. The zero-order chi connectivity index (χ0) is 12.7. The quantitative estimate of drug-likeness (QED) is 0.712. The molecule has 0 aromatic heterocycles. The highest BCUT2D eigenvalue weighted by molar-refractivity contribution is 5.72. The number of esters is 1. The van der Waals surface area contributed by atoms with Gasteiger partial charge in [0.1, 0.15) is 0 Å². The fourth-order valence-electron chi connectivity index (χ4n) is 1.66. The second-order valence-electron chi connectivity index (χ2n) is 4.11. The Hall–Kier alpha value is -1.35. The molecule has 94 valence electrons. The molecule has 17 heavy (non-hydrogen) atoms. The van der Waals surface area contributed by atoms with Crippen molar-refractivity contribution >= 4 is 5.97 Å². The van der Waals surface area contributed by atoms with Gasteiger partial charge in [0.05, 0.1) is 19.1 Å². The van der Waals surface area contributed by atoms with E-state index in [4.69, 9.17) is 9.47 Å². The van der Waals surface area contributed by atoms with E-state index in [1.165, 1.54) is 0 Å². The van der Waals surface area contributed by atoms with Gasteiger partial charge in [-0.15, -0.1) is 0 Å². The molecule has 0 radical (unpaired) electrons. The molecule has 0 saturated heterocycles. The number of hydrogen-bond acceptors (Lipinski definition) is 3. The predicted molar refractivity (Wildman–Crippen MR) is 66.7 cm³/mol. The minimum atomic E-state index is -0.131. The van der Waals surface area contributed by atoms with E-state index in [2.05, 4.69) is 0 Å². The van der Waals surface area contributed by atoms with E-state index >= 15 is 0 Å². The molecule has 3 heteroatoms. The van der Waals surface area contributed by atoms with Gasteiger partial charge in [0.15, 0.2) is 0 Å². The maximum atomic E-state index is 11.5. The first-order chi connectivity index (χ1) is 8.17. The summed E-state index contributed by atoms with van der Waals surface area (Å²) in [7, 11) is 1.68. The van der Waals surface area contributed by atoms with Crippen LogP contribution in [0.25, 0.3) is 0 Å². The van der Waals surface area contributed by atoms with E-state index in [9.17, 15) is 4.79 Å². The van der Waals surface area contributed by atoms with Crippen LogP contribution in [0.5, 0.6) is 0 Å². The largest absolute Gasteiger partial charge is 0.466 e. The van der Waals surface area contributed by atoms with Gasteiger partial charge in [-0.05, 0) is 24.5 Å². The normalized spacial score (nSPS) is 12.2. The molecular formula is C14H20O3. The fraction of sp³-hybridized carbons (Fsp3) is 0.500. The molecule has 0 aliphatic carbocycles. The predicted octanol–water partition coefficient (Wildman–Crippen LogP) is 2.57. The molecule has 1 atom stereocenters. The molecule has 0 spiro atoms. The molecule has 1 rings (SSSR count). The molecule has 1 unspecified atom stereocenters. The van der Waals surface area contributed by atoms with Gasteiger partial charge in [0.25, 0.3) is 0 Å². The highest BCUT2D eigenvalue weighted by Crippen LogP contribution is 2.12. The van der Waals surface area contributed by atoms with Gasteiger partial charge < -0.3 is 9.47 Å². The van der Waals surface area contributed by atoms with Crippen molar-refractivity contribution in [2.75, 3.05) is 13.7 Å². The van der Waals surface area contributed by atoms with Crippen LogP contribution in [0.2, 0.25) is 0 Å². The van der Waals surface area contributed by atoms with Gasteiger partial charge >= 0.3 is 5.97 Å². The number of carbonyl (C=O) groups is 1. The second-order valence-corrected chi connectivity index (χ2v) is 4.11. The number of rotatable bonds is 6. The minimum Gasteiger partial charge on any atom is -0.466 e. The maximum Gasteiger partial charge on any atom is 0.308 e. The molecule has 0 aliphatic rings. The molecule has 0 N–H and O–H groups in total. The molecular weight excluding hydrogens is 216 g/mol. The standard InChI is InChI=1S/C14H20O3/c1-4-17-14(15)11(2)9-12-5-7-13(8-6-12)10-16-3/h5-8,11H,4,9-10H2,1-3H3. The molecule has 0 saturated carbocycles. The van der Waals surface area contributed by atoms with Gasteiger partial charge in [-0.3, -0.25) is 4.79 Å². The van der Waals surface area contributed by atoms with Crippen molar-refractivity contribution in [3.05, 3.63) is 35.4 Å². The SMILES string of the molecule is CCOC(=O)C(C)Cc1ccc(COC)cc1. The Labute approximate surface area is 103 Å². The third-order valence-electron chi connectivity index (χ3n) is 2.56. The Morgan fingerprint density at radius 2 is 1.82 bits per heavy atom. The van der Waals surface area contributed by atoms with Crippen LogP contribution >= 0.6 is 0 Å². The molecule has 0 amide bonds. The number of hydrogen-bond donors (Lipinski definition) is 0. The van der Waals surface area contributed by atoms with Gasteiger partial charge in [0.2, 0.25) is 0 Å². The zero-order valence-electron chi connectivity index (χ0n) is 10.7. The van der Waals surface area contributed by atoms with Crippen molar-refractivity contribution in [3.63, 3.8) is 0 Å². The lowest BCUT2D eigenvalue weighted by molar-refractivity contribution is -0.147. The summed E-state index contributed by atoms with van der Waals surface area (Å²) in [6.45, 7) is 4.77. The first kappa shape index (κ1) is 13.7. The number of ether oxygens (including phenoxy) is 2. The average Bonchev–Trinajstić information content (AvgIpc) is 2.32. The number of methoxy groups -OCH3 is 1. The second kappa shape index (κ2) is 7.07. The van der Waals surface area contributed by atoms with Crippen molar-refractivity contribution in [2.24, 2.45) is 5.92 Å². The lowest BCUT2D eigenvalue weighted by Gasteiger charge is -2.10. The summed E-state index contributed by atoms with van der Waals surface area (Å²) in [6.07, 6.45) is 0.714. The molecule has 0 bridgehead atoms. The summed E-state index contributed by atoms with van der Waals surface area (Å²) in [4.78, 5) is 11.5. The molecule has 1 aromatic rings. The summed E-state index contributed by atoms with van der Waals surface area (Å²) in [5.74, 6) is -0.225. The maximum absolute atomic E-state index is 11.5. The third-order valence-corrected chi connectivity index (χ3v) is 2.56. The summed E-state index contributed by atoms with van der Waals surface area (Å²) in [5.41, 5.74) is 2.28. The first-order valence-electron chi connectivity index (χ1n) is 5.90. The number of carbonyl (C=O) groups excluding carboxylic acids is 1. The molecule has 1 aromatic carbocycles. The topological polar surface area (TPSA) is 35.5 Å². The summed E-state index contributed by atoms with van der Waals surface area (Å²) in [5, 5.41) is 0. The van der Waals surface area contributed by atoms with E-state index in [0.29, 0.717) is 19.6 Å². The van der Waals surface area contributed by atoms with E-state index in [-0.39, 0.29) is 11.9 Å². The van der Waals surface area contributed by atoms with Gasteiger partial charge in [0, 0.05) is 7.11 Å². The van der Waals surface area contributed by atoms with Crippen LogP contribution < -0.4 is 0 Å². The third kappa shape index (κ3) is 4.57. The summed E-state index contributed by atoms with van der Waals surface area (Å²) < 4.78 is 10.0. The van der Waals surface area contributed by atoms with Crippen LogP contribution in [0.4, 0.5) is 0 Å². The van der Waals surface area contributed by atoms with Gasteiger partial charge in [-0.25, -0.2) is 0 Å². The monoisotopic (exact) mass is 236 g/mol. The summed E-state index contributed by atoms with van der Waals surface area (Å²) >= 11 is 0. The van der Waals surface area contributed by atoms with Crippen molar-refractivity contribution in [3.8, 4) is 0 Å². The Morgan fingerprint density at radius 1 is 1.24 bits per heavy atom. The van der Waals surface area contributed by atoms with Crippen molar-refractivity contribution in [1.29, 1.82) is 0 Å². The van der Waals surface area contributed by atoms with E-state index in [1.54, 1.807) is 7.11 Å². The van der Waals surface area contributed by atoms with E-state index in [0.717, 1.165) is 11.1 Å².